The van der Waals surface area contributed by atoms with Crippen LogP contribution in [0.3, 0.4) is 0 Å². The number of methoxy groups -OCH3 is 1. The zero-order valence-electron chi connectivity index (χ0n) is 14.6. The van der Waals surface area contributed by atoms with Gasteiger partial charge in [0.2, 0.25) is 5.91 Å². The first-order chi connectivity index (χ1) is 12.0. The number of nitrogens with one attached hydrogen (secondary N) is 3. The molecule has 1 aliphatic rings. The Morgan fingerprint density at radius 1 is 1.20 bits per heavy atom. The summed E-state index contributed by atoms with van der Waals surface area (Å²) in [6, 6.07) is 10.5. The first-order valence-corrected chi connectivity index (χ1v) is 8.24. The largest absolute Gasteiger partial charge is 0.508 e. The van der Waals surface area contributed by atoms with E-state index in [4.69, 9.17) is 4.74 Å². The zero-order chi connectivity index (χ0) is 18.0. The Kier molecular flexibility index (Phi) is 4.92. The molecule has 6 nitrogen and oxygen atoms in total. The second-order valence-electron chi connectivity index (χ2n) is 6.31. The third-order valence-corrected chi connectivity index (χ3v) is 4.60. The van der Waals surface area contributed by atoms with Gasteiger partial charge >= 0.3 is 0 Å². The van der Waals surface area contributed by atoms with E-state index in [2.05, 4.69) is 16.2 Å². The number of ether oxygens (including phenoxy) is 1. The monoisotopic (exact) mass is 341 g/mol. The molecule has 4 N–H and O–H groups in total. The fraction of sp³-hybridized carbons (Fsp3) is 0.316. The average molecular weight is 341 g/mol. The standard InChI is InChI=1S/C19H23N3O3/c1-11-8-13(17(23)9-12(11)2)15-10-16(22-21-15)19(24)20-14-6-4-5-7-18(14)25-3/h4-9,15-16,21-23H,10H2,1-3H3,(H,20,24). The minimum atomic E-state index is -0.407. The van der Waals surface area contributed by atoms with E-state index in [0.717, 1.165) is 16.7 Å². The van der Waals surface area contributed by atoms with Crippen LogP contribution >= 0.6 is 0 Å². The molecular weight excluding hydrogens is 318 g/mol. The summed E-state index contributed by atoms with van der Waals surface area (Å²) in [5, 5.41) is 13.1. The smallest absolute Gasteiger partial charge is 0.243 e. The van der Waals surface area contributed by atoms with Crippen molar-refractivity contribution in [3.63, 3.8) is 0 Å². The second kappa shape index (κ2) is 7.13. The molecule has 6 heteroatoms. The summed E-state index contributed by atoms with van der Waals surface area (Å²) >= 11 is 0. The lowest BCUT2D eigenvalue weighted by Gasteiger charge is -2.14. The van der Waals surface area contributed by atoms with Gasteiger partial charge in [-0.25, -0.2) is 10.9 Å². The van der Waals surface area contributed by atoms with Gasteiger partial charge in [0.05, 0.1) is 18.8 Å². The van der Waals surface area contributed by atoms with Crippen molar-refractivity contribution in [3.8, 4) is 11.5 Å². The number of amides is 1. The third-order valence-electron chi connectivity index (χ3n) is 4.60. The zero-order valence-corrected chi connectivity index (χ0v) is 14.6. The minimum absolute atomic E-state index is 0.132. The maximum Gasteiger partial charge on any atom is 0.243 e. The van der Waals surface area contributed by atoms with Crippen LogP contribution in [0.1, 0.15) is 29.2 Å². The molecule has 3 rings (SSSR count). The quantitative estimate of drug-likeness (QED) is 0.687. The van der Waals surface area contributed by atoms with Crippen LogP contribution in [0.5, 0.6) is 11.5 Å². The number of rotatable bonds is 4. The summed E-state index contributed by atoms with van der Waals surface area (Å²) in [4.78, 5) is 12.5. The number of phenolic OH excluding ortho intramolecular Hbond substituents is 1. The molecule has 0 aliphatic carbocycles. The SMILES string of the molecule is COc1ccccc1NC(=O)C1CC(c2cc(C)c(C)cc2O)NN1. The van der Waals surface area contributed by atoms with Gasteiger partial charge in [-0.05, 0) is 49.6 Å². The molecule has 1 heterocycles. The Balaban J connectivity index is 1.70. The van der Waals surface area contributed by atoms with E-state index >= 15 is 0 Å². The maximum absolute atomic E-state index is 12.5. The van der Waals surface area contributed by atoms with Crippen LogP contribution in [0.25, 0.3) is 0 Å². The van der Waals surface area contributed by atoms with Crippen molar-refractivity contribution in [1.29, 1.82) is 0 Å². The van der Waals surface area contributed by atoms with Crippen LogP contribution in [-0.4, -0.2) is 24.2 Å². The number of para-hydroxylation sites is 2. The summed E-state index contributed by atoms with van der Waals surface area (Å²) in [7, 11) is 1.57. The van der Waals surface area contributed by atoms with Gasteiger partial charge in [0.1, 0.15) is 17.5 Å². The van der Waals surface area contributed by atoms with Crippen molar-refractivity contribution in [2.45, 2.75) is 32.4 Å². The van der Waals surface area contributed by atoms with Gasteiger partial charge in [-0.3, -0.25) is 4.79 Å². The van der Waals surface area contributed by atoms with Crippen LogP contribution in [0.15, 0.2) is 36.4 Å². The lowest BCUT2D eigenvalue weighted by molar-refractivity contribution is -0.117. The fourth-order valence-corrected chi connectivity index (χ4v) is 3.00. The molecule has 0 radical (unpaired) electrons. The van der Waals surface area contributed by atoms with E-state index in [1.54, 1.807) is 25.3 Å². The molecule has 0 spiro atoms. The Morgan fingerprint density at radius 3 is 2.68 bits per heavy atom. The van der Waals surface area contributed by atoms with E-state index < -0.39 is 6.04 Å². The molecule has 2 unspecified atom stereocenters. The van der Waals surface area contributed by atoms with Gasteiger partial charge < -0.3 is 15.2 Å². The Labute approximate surface area is 147 Å². The van der Waals surface area contributed by atoms with E-state index in [-0.39, 0.29) is 17.7 Å². The highest BCUT2D eigenvalue weighted by Crippen LogP contribution is 2.32. The molecule has 1 aliphatic heterocycles. The van der Waals surface area contributed by atoms with Gasteiger partial charge in [-0.15, -0.1) is 0 Å². The number of anilines is 1. The molecule has 2 aromatic carbocycles. The molecule has 0 bridgehead atoms. The highest BCUT2D eigenvalue weighted by atomic mass is 16.5. The number of hydrogen-bond donors (Lipinski definition) is 4. The van der Waals surface area contributed by atoms with Crippen LogP contribution in [0.4, 0.5) is 5.69 Å². The summed E-state index contributed by atoms with van der Waals surface area (Å²) in [5.41, 5.74) is 9.69. The summed E-state index contributed by atoms with van der Waals surface area (Å²) in [5.74, 6) is 0.709. The van der Waals surface area contributed by atoms with E-state index in [1.807, 2.05) is 32.0 Å². The highest BCUT2D eigenvalue weighted by Gasteiger charge is 2.32. The molecular formula is C19H23N3O3. The predicted octanol–water partition coefficient (Wildman–Crippen LogP) is 2.56. The van der Waals surface area contributed by atoms with Crippen molar-refractivity contribution in [2.24, 2.45) is 0 Å². The lowest BCUT2D eigenvalue weighted by atomic mass is 9.97. The van der Waals surface area contributed by atoms with Crippen LogP contribution in [-0.2, 0) is 4.79 Å². The molecule has 25 heavy (non-hydrogen) atoms. The first kappa shape index (κ1) is 17.3. The van der Waals surface area contributed by atoms with E-state index in [9.17, 15) is 9.90 Å². The lowest BCUT2D eigenvalue weighted by Crippen LogP contribution is -2.39. The second-order valence-corrected chi connectivity index (χ2v) is 6.31. The molecule has 2 atom stereocenters. The first-order valence-electron chi connectivity index (χ1n) is 8.24. The van der Waals surface area contributed by atoms with Crippen molar-refractivity contribution >= 4 is 11.6 Å². The average Bonchev–Trinajstić information content (AvgIpc) is 3.08. The van der Waals surface area contributed by atoms with Crippen LogP contribution in [0.2, 0.25) is 0 Å². The number of carbonyl (C=O) groups is 1. The van der Waals surface area contributed by atoms with Crippen LogP contribution < -0.4 is 20.9 Å². The predicted molar refractivity (Wildman–Crippen MR) is 96.6 cm³/mol. The van der Waals surface area contributed by atoms with Gasteiger partial charge in [-0.2, -0.15) is 0 Å². The van der Waals surface area contributed by atoms with Gasteiger partial charge in [-0.1, -0.05) is 18.2 Å². The number of aryl methyl sites for hydroxylation is 2. The summed E-state index contributed by atoms with van der Waals surface area (Å²) < 4.78 is 5.26. The van der Waals surface area contributed by atoms with Gasteiger partial charge in [0.15, 0.2) is 0 Å². The highest BCUT2D eigenvalue weighted by molar-refractivity contribution is 5.96. The van der Waals surface area contributed by atoms with E-state index in [0.29, 0.717) is 17.9 Å². The Bertz CT molecular complexity index is 791. The molecule has 1 saturated heterocycles. The topological polar surface area (TPSA) is 82.6 Å². The van der Waals surface area contributed by atoms with Gasteiger partial charge in [0.25, 0.3) is 0 Å². The molecule has 0 aromatic heterocycles. The number of aromatic hydroxyl groups is 1. The molecule has 0 saturated carbocycles. The Morgan fingerprint density at radius 2 is 1.92 bits per heavy atom. The van der Waals surface area contributed by atoms with Crippen molar-refractivity contribution in [2.75, 3.05) is 12.4 Å². The maximum atomic E-state index is 12.5. The van der Waals surface area contributed by atoms with Gasteiger partial charge in [0, 0.05) is 5.56 Å². The molecule has 132 valence electrons. The van der Waals surface area contributed by atoms with E-state index in [1.165, 1.54) is 0 Å². The summed E-state index contributed by atoms with van der Waals surface area (Å²) in [6.45, 7) is 3.97. The Hall–Kier alpha value is -2.57. The van der Waals surface area contributed by atoms with Crippen molar-refractivity contribution in [1.82, 2.24) is 10.9 Å². The molecule has 1 fully saturated rings. The number of carbonyl (C=O) groups excluding carboxylic acids is 1. The number of phenols is 1. The molecule has 2 aromatic rings. The summed E-state index contributed by atoms with van der Waals surface area (Å²) in [6.07, 6.45) is 0.539. The number of hydrazine groups is 1. The van der Waals surface area contributed by atoms with Crippen molar-refractivity contribution in [3.05, 3.63) is 53.1 Å². The van der Waals surface area contributed by atoms with Crippen LogP contribution in [0, 0.1) is 13.8 Å². The molecule has 1 amide bonds. The normalized spacial score (nSPS) is 19.6. The van der Waals surface area contributed by atoms with Crippen molar-refractivity contribution < 1.29 is 14.6 Å². The third kappa shape index (κ3) is 3.60. The number of benzene rings is 2. The minimum Gasteiger partial charge on any atom is -0.508 e. The fourth-order valence-electron chi connectivity index (χ4n) is 3.00. The number of hydrogen-bond acceptors (Lipinski definition) is 5.